The van der Waals surface area contributed by atoms with Gasteiger partial charge in [0, 0.05) is 5.39 Å². The van der Waals surface area contributed by atoms with Gasteiger partial charge in [-0.25, -0.2) is 0 Å². The molecule has 3 rings (SSSR count). The molecule has 0 amide bonds. The highest BCUT2D eigenvalue weighted by Gasteiger charge is 2.15. The lowest BCUT2D eigenvalue weighted by Crippen LogP contribution is -1.96. The fourth-order valence-electron chi connectivity index (χ4n) is 2.61. The van der Waals surface area contributed by atoms with E-state index in [0.717, 1.165) is 27.6 Å². The van der Waals surface area contributed by atoms with Crippen molar-refractivity contribution < 1.29 is 4.74 Å². The molecule has 0 aromatic heterocycles. The molecule has 3 aromatic carbocycles. The van der Waals surface area contributed by atoms with Crippen LogP contribution in [0, 0.1) is 6.92 Å². The Bertz CT molecular complexity index is 762. The van der Waals surface area contributed by atoms with E-state index < -0.39 is 0 Å². The average Bonchev–Trinajstić information content (AvgIpc) is 2.54. The van der Waals surface area contributed by atoms with Crippen LogP contribution in [0.5, 0.6) is 5.75 Å². The summed E-state index contributed by atoms with van der Waals surface area (Å²) in [7, 11) is 1.69. The first-order valence-electron chi connectivity index (χ1n) is 6.97. The third-order valence-corrected chi connectivity index (χ3v) is 4.27. The van der Waals surface area contributed by atoms with Gasteiger partial charge in [0.25, 0.3) is 0 Å². The summed E-state index contributed by atoms with van der Waals surface area (Å²) in [6.45, 7) is 2.08. The quantitative estimate of drug-likeness (QED) is 0.581. The maximum atomic E-state index is 6.72. The zero-order valence-electron chi connectivity index (χ0n) is 12.1. The van der Waals surface area contributed by atoms with Crippen molar-refractivity contribution in [1.29, 1.82) is 0 Å². The Labute approximate surface area is 130 Å². The van der Waals surface area contributed by atoms with Gasteiger partial charge in [0.1, 0.15) is 5.75 Å². The van der Waals surface area contributed by atoms with Crippen LogP contribution < -0.4 is 4.74 Å². The molecule has 0 saturated heterocycles. The summed E-state index contributed by atoms with van der Waals surface area (Å²) in [5.41, 5.74) is 3.46. The van der Waals surface area contributed by atoms with Crippen LogP contribution in [0.3, 0.4) is 0 Å². The second-order valence-electron chi connectivity index (χ2n) is 5.18. The highest BCUT2D eigenvalue weighted by atomic mass is 35.5. The SMILES string of the molecule is COc1ccc(C(Cl)c2ccc(C)cc2)c2ccccc12. The molecule has 0 N–H and O–H groups in total. The van der Waals surface area contributed by atoms with Crippen molar-refractivity contribution >= 4 is 22.4 Å². The molecule has 0 aliphatic heterocycles. The topological polar surface area (TPSA) is 9.23 Å². The number of hydrogen-bond donors (Lipinski definition) is 0. The van der Waals surface area contributed by atoms with Crippen molar-refractivity contribution in [3.8, 4) is 5.75 Å². The molecule has 3 aromatic rings. The second-order valence-corrected chi connectivity index (χ2v) is 5.61. The standard InChI is InChI=1S/C19H17ClO/c1-13-7-9-14(10-8-13)19(20)17-11-12-18(21-2)16-6-4-3-5-15(16)17/h3-12,19H,1-2H3. The summed E-state index contributed by atoms with van der Waals surface area (Å²) in [5.74, 6) is 0.877. The van der Waals surface area contributed by atoms with E-state index in [0.29, 0.717) is 0 Å². The summed E-state index contributed by atoms with van der Waals surface area (Å²) in [4.78, 5) is 0. The number of rotatable bonds is 3. The van der Waals surface area contributed by atoms with E-state index in [1.54, 1.807) is 7.11 Å². The molecule has 0 fully saturated rings. The normalized spacial score (nSPS) is 12.3. The van der Waals surface area contributed by atoms with Crippen molar-refractivity contribution in [2.24, 2.45) is 0 Å². The molecular weight excluding hydrogens is 280 g/mol. The van der Waals surface area contributed by atoms with Crippen LogP contribution in [0.15, 0.2) is 60.7 Å². The summed E-state index contributed by atoms with van der Waals surface area (Å²) >= 11 is 6.72. The van der Waals surface area contributed by atoms with Crippen LogP contribution in [-0.2, 0) is 0 Å². The fraction of sp³-hybridized carbons (Fsp3) is 0.158. The zero-order chi connectivity index (χ0) is 14.8. The maximum Gasteiger partial charge on any atom is 0.126 e. The Morgan fingerprint density at radius 3 is 2.19 bits per heavy atom. The van der Waals surface area contributed by atoms with Gasteiger partial charge in [-0.3, -0.25) is 0 Å². The maximum absolute atomic E-state index is 6.72. The van der Waals surface area contributed by atoms with Gasteiger partial charge in [0.15, 0.2) is 0 Å². The number of methoxy groups -OCH3 is 1. The third kappa shape index (κ3) is 2.62. The lowest BCUT2D eigenvalue weighted by molar-refractivity contribution is 0.419. The molecule has 0 saturated carbocycles. The predicted octanol–water partition coefficient (Wildman–Crippen LogP) is 5.49. The second kappa shape index (κ2) is 5.79. The fourth-order valence-corrected chi connectivity index (χ4v) is 2.94. The Kier molecular flexibility index (Phi) is 3.85. The lowest BCUT2D eigenvalue weighted by atomic mass is 9.97. The van der Waals surface area contributed by atoms with Crippen LogP contribution in [0.2, 0.25) is 0 Å². The molecule has 0 spiro atoms. The molecule has 2 heteroatoms. The molecule has 1 atom stereocenters. The van der Waals surface area contributed by atoms with Gasteiger partial charge in [0.2, 0.25) is 0 Å². The van der Waals surface area contributed by atoms with E-state index in [-0.39, 0.29) is 5.38 Å². The highest BCUT2D eigenvalue weighted by molar-refractivity contribution is 6.23. The van der Waals surface area contributed by atoms with Gasteiger partial charge in [0.05, 0.1) is 12.5 Å². The molecule has 106 valence electrons. The summed E-state index contributed by atoms with van der Waals surface area (Å²) in [5, 5.41) is 2.06. The van der Waals surface area contributed by atoms with E-state index >= 15 is 0 Å². The first-order valence-corrected chi connectivity index (χ1v) is 7.40. The smallest absolute Gasteiger partial charge is 0.126 e. The number of hydrogen-bond acceptors (Lipinski definition) is 1. The van der Waals surface area contributed by atoms with E-state index in [1.165, 1.54) is 5.56 Å². The number of fused-ring (bicyclic) bond motifs is 1. The Morgan fingerprint density at radius 1 is 0.857 bits per heavy atom. The molecule has 0 radical (unpaired) electrons. The van der Waals surface area contributed by atoms with E-state index in [2.05, 4.69) is 49.4 Å². The molecule has 0 heterocycles. The predicted molar refractivity (Wildman–Crippen MR) is 89.4 cm³/mol. The molecule has 1 nitrogen and oxygen atoms in total. The molecule has 21 heavy (non-hydrogen) atoms. The number of ether oxygens (including phenoxy) is 1. The van der Waals surface area contributed by atoms with Gasteiger partial charge in [-0.2, -0.15) is 0 Å². The number of benzene rings is 3. The third-order valence-electron chi connectivity index (χ3n) is 3.78. The molecular formula is C19H17ClO. The van der Waals surface area contributed by atoms with Gasteiger partial charge < -0.3 is 4.74 Å². The van der Waals surface area contributed by atoms with Crippen LogP contribution >= 0.6 is 11.6 Å². The zero-order valence-corrected chi connectivity index (χ0v) is 12.9. The Morgan fingerprint density at radius 2 is 1.52 bits per heavy atom. The Hall–Kier alpha value is -1.99. The minimum atomic E-state index is -0.165. The highest BCUT2D eigenvalue weighted by Crippen LogP contribution is 2.37. The average molecular weight is 297 g/mol. The summed E-state index contributed by atoms with van der Waals surface area (Å²) in [6, 6.07) is 20.6. The van der Waals surface area contributed by atoms with E-state index in [1.807, 2.05) is 18.2 Å². The Balaban J connectivity index is 2.14. The molecule has 1 unspecified atom stereocenters. The number of halogens is 1. The summed E-state index contributed by atoms with van der Waals surface area (Å²) in [6.07, 6.45) is 0. The minimum absolute atomic E-state index is 0.165. The van der Waals surface area contributed by atoms with Gasteiger partial charge in [-0.15, -0.1) is 11.6 Å². The van der Waals surface area contributed by atoms with Crippen LogP contribution in [0.25, 0.3) is 10.8 Å². The molecule has 0 aliphatic carbocycles. The monoisotopic (exact) mass is 296 g/mol. The van der Waals surface area contributed by atoms with Gasteiger partial charge in [-0.1, -0.05) is 60.2 Å². The largest absolute Gasteiger partial charge is 0.496 e. The first-order chi connectivity index (χ1) is 10.2. The van der Waals surface area contributed by atoms with E-state index in [9.17, 15) is 0 Å². The number of alkyl halides is 1. The van der Waals surface area contributed by atoms with Crippen LogP contribution in [0.1, 0.15) is 22.1 Å². The first kappa shape index (κ1) is 14.0. The van der Waals surface area contributed by atoms with Crippen molar-refractivity contribution in [3.63, 3.8) is 0 Å². The van der Waals surface area contributed by atoms with Crippen molar-refractivity contribution in [3.05, 3.63) is 77.4 Å². The molecule has 0 aliphatic rings. The minimum Gasteiger partial charge on any atom is -0.496 e. The molecule has 0 bridgehead atoms. The van der Waals surface area contributed by atoms with Crippen molar-refractivity contribution in [2.45, 2.75) is 12.3 Å². The van der Waals surface area contributed by atoms with E-state index in [4.69, 9.17) is 16.3 Å². The van der Waals surface area contributed by atoms with Crippen LogP contribution in [-0.4, -0.2) is 7.11 Å². The van der Waals surface area contributed by atoms with Crippen molar-refractivity contribution in [2.75, 3.05) is 7.11 Å². The summed E-state index contributed by atoms with van der Waals surface area (Å²) < 4.78 is 5.44. The van der Waals surface area contributed by atoms with Crippen molar-refractivity contribution in [1.82, 2.24) is 0 Å². The number of aryl methyl sites for hydroxylation is 1. The van der Waals surface area contributed by atoms with Gasteiger partial charge >= 0.3 is 0 Å². The lowest BCUT2D eigenvalue weighted by Gasteiger charge is -2.15. The van der Waals surface area contributed by atoms with Gasteiger partial charge in [-0.05, 0) is 29.5 Å². The van der Waals surface area contributed by atoms with Crippen LogP contribution in [0.4, 0.5) is 0 Å².